The topological polar surface area (TPSA) is 120 Å². The van der Waals surface area contributed by atoms with Gasteiger partial charge in [0.25, 0.3) is 5.56 Å². The van der Waals surface area contributed by atoms with Gasteiger partial charge >= 0.3 is 5.97 Å². The van der Waals surface area contributed by atoms with E-state index in [1.807, 2.05) is 0 Å². The van der Waals surface area contributed by atoms with Crippen LogP contribution in [-0.2, 0) is 14.3 Å². The molecule has 0 radical (unpaired) electrons. The van der Waals surface area contributed by atoms with Gasteiger partial charge < -0.3 is 19.7 Å². The van der Waals surface area contributed by atoms with E-state index >= 15 is 0 Å². The molecule has 1 aliphatic rings. The number of carbonyl (C=O) groups is 3. The largest absolute Gasteiger partial charge is 0.497 e. The summed E-state index contributed by atoms with van der Waals surface area (Å²) in [5, 5.41) is 9.67. The number of nitrogens with zero attached hydrogens (tertiary/aromatic N) is 3. The third kappa shape index (κ3) is 5.10. The lowest BCUT2D eigenvalue weighted by Crippen LogP contribution is -2.29. The van der Waals surface area contributed by atoms with Crippen LogP contribution in [0.1, 0.15) is 23.8 Å². The molecule has 4 aromatic rings. The van der Waals surface area contributed by atoms with E-state index in [0.29, 0.717) is 22.1 Å². The van der Waals surface area contributed by atoms with Gasteiger partial charge in [-0.05, 0) is 49.4 Å². The average molecular weight is 567 g/mol. The molecule has 10 nitrogen and oxygen atoms in total. The number of fused-ring (bicyclic) bond motifs is 1. The first-order valence-corrected chi connectivity index (χ1v) is 13.3. The monoisotopic (exact) mass is 566 g/mol. The molecular weight excluding hydrogens is 544 g/mol. The van der Waals surface area contributed by atoms with E-state index in [2.05, 4.69) is 10.4 Å². The number of aromatic nitrogens is 2. The van der Waals surface area contributed by atoms with Crippen molar-refractivity contribution in [2.24, 2.45) is 5.92 Å². The van der Waals surface area contributed by atoms with Gasteiger partial charge in [0.15, 0.2) is 5.69 Å². The fraction of sp³-hybridized carbons (Fsp3) is 0.222. The summed E-state index contributed by atoms with van der Waals surface area (Å²) in [5.41, 5.74) is 0.399. The summed E-state index contributed by atoms with van der Waals surface area (Å²) in [6.07, 6.45) is 0.0174. The molecular formula is C27H23ClN4O6S. The lowest BCUT2D eigenvalue weighted by molar-refractivity contribution is -0.122. The summed E-state index contributed by atoms with van der Waals surface area (Å²) < 4.78 is 11.4. The number of methoxy groups -OCH3 is 1. The molecule has 1 fully saturated rings. The number of hydrogen-bond acceptors (Lipinski definition) is 8. The summed E-state index contributed by atoms with van der Waals surface area (Å²) in [6, 6.07) is 13.5. The highest BCUT2D eigenvalue weighted by atomic mass is 35.5. The number of amides is 2. The highest BCUT2D eigenvalue weighted by Crippen LogP contribution is 2.33. The first kappa shape index (κ1) is 26.4. The van der Waals surface area contributed by atoms with E-state index in [1.165, 1.54) is 0 Å². The maximum Gasteiger partial charge on any atom is 0.359 e. The molecule has 0 spiro atoms. The van der Waals surface area contributed by atoms with E-state index in [0.717, 1.165) is 16.0 Å². The van der Waals surface area contributed by atoms with Gasteiger partial charge in [0.05, 0.1) is 30.7 Å². The zero-order valence-electron chi connectivity index (χ0n) is 21.0. The van der Waals surface area contributed by atoms with Gasteiger partial charge in [0, 0.05) is 34.4 Å². The van der Waals surface area contributed by atoms with Crippen molar-refractivity contribution >= 4 is 62.2 Å². The zero-order valence-corrected chi connectivity index (χ0v) is 22.5. The molecule has 1 N–H and O–H groups in total. The average Bonchev–Trinajstić information content (AvgIpc) is 3.53. The van der Waals surface area contributed by atoms with E-state index in [1.54, 1.807) is 72.8 Å². The molecule has 0 bridgehead atoms. The fourth-order valence-corrected chi connectivity index (χ4v) is 5.51. The molecule has 2 aromatic heterocycles. The predicted molar refractivity (Wildman–Crippen MR) is 148 cm³/mol. The molecule has 0 saturated carbocycles. The van der Waals surface area contributed by atoms with Crippen LogP contribution in [0.2, 0.25) is 5.02 Å². The Bertz CT molecular complexity index is 1650. The summed E-state index contributed by atoms with van der Waals surface area (Å²) in [6.45, 7) is 1.97. The number of benzene rings is 2. The second-order valence-electron chi connectivity index (χ2n) is 8.71. The van der Waals surface area contributed by atoms with E-state index in [9.17, 15) is 19.2 Å². The number of hydrogen-bond donors (Lipinski definition) is 1. The molecule has 2 amide bonds. The Balaban J connectivity index is 1.48. The van der Waals surface area contributed by atoms with Crippen molar-refractivity contribution in [3.63, 3.8) is 0 Å². The molecule has 200 valence electrons. The van der Waals surface area contributed by atoms with Gasteiger partial charge in [-0.2, -0.15) is 9.78 Å². The van der Waals surface area contributed by atoms with Crippen LogP contribution in [0.5, 0.6) is 5.75 Å². The summed E-state index contributed by atoms with van der Waals surface area (Å²) in [4.78, 5) is 53.9. The number of anilines is 2. The highest BCUT2D eigenvalue weighted by Gasteiger charge is 2.36. The molecule has 5 rings (SSSR count). The Morgan fingerprint density at radius 1 is 1.15 bits per heavy atom. The van der Waals surface area contributed by atoms with Crippen LogP contribution in [0, 0.1) is 5.92 Å². The molecule has 2 aromatic carbocycles. The van der Waals surface area contributed by atoms with Gasteiger partial charge in [-0.3, -0.25) is 14.4 Å². The minimum atomic E-state index is -0.703. The molecule has 3 heterocycles. The lowest BCUT2D eigenvalue weighted by atomic mass is 10.1. The number of carbonyl (C=O) groups excluding carboxylic acids is 3. The Kier molecular flexibility index (Phi) is 7.36. The minimum Gasteiger partial charge on any atom is -0.497 e. The van der Waals surface area contributed by atoms with E-state index in [-0.39, 0.29) is 46.9 Å². The SMILES string of the molecule is CCOC(=O)c1nn(-c2cccc(Cl)c2)c(=O)c2c(NC(=O)C3CC(=O)N(c4ccc(OC)cc4)C3)scc12. The van der Waals surface area contributed by atoms with Crippen LogP contribution in [0.25, 0.3) is 16.5 Å². The zero-order chi connectivity index (χ0) is 27.7. The van der Waals surface area contributed by atoms with Crippen molar-refractivity contribution in [1.29, 1.82) is 0 Å². The van der Waals surface area contributed by atoms with E-state index in [4.69, 9.17) is 21.1 Å². The number of nitrogens with one attached hydrogen (secondary N) is 1. The van der Waals surface area contributed by atoms with Crippen LogP contribution >= 0.6 is 22.9 Å². The highest BCUT2D eigenvalue weighted by molar-refractivity contribution is 7.16. The van der Waals surface area contributed by atoms with Crippen LogP contribution in [-0.4, -0.2) is 47.8 Å². The summed E-state index contributed by atoms with van der Waals surface area (Å²) in [5.74, 6) is -1.28. The molecule has 1 saturated heterocycles. The van der Waals surface area contributed by atoms with Gasteiger partial charge in [0.1, 0.15) is 10.8 Å². The molecule has 12 heteroatoms. The van der Waals surface area contributed by atoms with Gasteiger partial charge in [-0.25, -0.2) is 4.79 Å². The molecule has 1 atom stereocenters. The van der Waals surface area contributed by atoms with Crippen molar-refractivity contribution in [3.8, 4) is 11.4 Å². The third-order valence-corrected chi connectivity index (χ3v) is 7.42. The van der Waals surface area contributed by atoms with E-state index < -0.39 is 23.4 Å². The number of thiophene rings is 1. The second kappa shape index (κ2) is 10.9. The third-order valence-electron chi connectivity index (χ3n) is 6.29. The standard InChI is InChI=1S/C27H23ClN4O6S/c1-3-38-27(36)23-20-14-39-25(22(20)26(35)32(30-23)18-6-4-5-16(28)12-18)29-24(34)15-11-21(33)31(13-15)17-7-9-19(37-2)10-8-17/h4-10,12,14-15H,3,11,13H2,1-2H3,(H,29,34). The number of esters is 1. The smallest absolute Gasteiger partial charge is 0.359 e. The van der Waals surface area contributed by atoms with Crippen molar-refractivity contribution in [1.82, 2.24) is 9.78 Å². The van der Waals surface area contributed by atoms with Crippen LogP contribution in [0.4, 0.5) is 10.7 Å². The molecule has 1 aliphatic heterocycles. The maximum absolute atomic E-state index is 13.6. The molecule has 1 unspecified atom stereocenters. The summed E-state index contributed by atoms with van der Waals surface area (Å²) >= 11 is 7.22. The fourth-order valence-electron chi connectivity index (χ4n) is 4.38. The first-order chi connectivity index (χ1) is 18.8. The van der Waals surface area contributed by atoms with Gasteiger partial charge in [0.2, 0.25) is 11.8 Å². The number of rotatable bonds is 7. The summed E-state index contributed by atoms with van der Waals surface area (Å²) in [7, 11) is 1.56. The van der Waals surface area contributed by atoms with Crippen molar-refractivity contribution < 1.29 is 23.9 Å². The Morgan fingerprint density at radius 3 is 2.62 bits per heavy atom. The molecule has 39 heavy (non-hydrogen) atoms. The quantitative estimate of drug-likeness (QED) is 0.332. The Labute approximate surface area is 231 Å². The Hall–Kier alpha value is -4.22. The Morgan fingerprint density at radius 2 is 1.92 bits per heavy atom. The number of ether oxygens (including phenoxy) is 2. The van der Waals surface area contributed by atoms with Crippen LogP contribution in [0.3, 0.4) is 0 Å². The normalized spacial score (nSPS) is 15.0. The van der Waals surface area contributed by atoms with Crippen molar-refractivity contribution in [2.45, 2.75) is 13.3 Å². The maximum atomic E-state index is 13.6. The lowest BCUT2D eigenvalue weighted by Gasteiger charge is -2.17. The first-order valence-electron chi connectivity index (χ1n) is 12.0. The van der Waals surface area contributed by atoms with Crippen molar-refractivity contribution in [2.75, 3.05) is 30.5 Å². The number of halogens is 1. The van der Waals surface area contributed by atoms with Crippen LogP contribution in [0.15, 0.2) is 58.7 Å². The predicted octanol–water partition coefficient (Wildman–Crippen LogP) is 4.28. The van der Waals surface area contributed by atoms with Crippen molar-refractivity contribution in [3.05, 3.63) is 75.0 Å². The minimum absolute atomic E-state index is 0.0174. The van der Waals surface area contributed by atoms with Crippen LogP contribution < -0.4 is 20.5 Å². The van der Waals surface area contributed by atoms with Gasteiger partial charge in [-0.15, -0.1) is 11.3 Å². The second-order valence-corrected chi connectivity index (χ2v) is 10.0. The van der Waals surface area contributed by atoms with Gasteiger partial charge in [-0.1, -0.05) is 17.7 Å². The molecule has 0 aliphatic carbocycles.